The molecule has 0 aliphatic heterocycles. The predicted molar refractivity (Wildman–Crippen MR) is 121 cm³/mol. The zero-order valence-electron chi connectivity index (χ0n) is 16.3. The molecular formula is C21H18BrN5O2S. The van der Waals surface area contributed by atoms with Crippen LogP contribution in [0.1, 0.15) is 5.56 Å². The zero-order valence-corrected chi connectivity index (χ0v) is 18.7. The molecule has 7 nitrogen and oxygen atoms in total. The molecule has 0 bridgehead atoms. The summed E-state index contributed by atoms with van der Waals surface area (Å²) in [6.45, 7) is 1.96. The van der Waals surface area contributed by atoms with E-state index in [2.05, 4.69) is 36.5 Å². The van der Waals surface area contributed by atoms with Crippen molar-refractivity contribution in [1.82, 2.24) is 19.8 Å². The van der Waals surface area contributed by atoms with Crippen LogP contribution < -0.4 is 10.1 Å². The van der Waals surface area contributed by atoms with E-state index in [0.29, 0.717) is 22.2 Å². The molecule has 0 radical (unpaired) electrons. The van der Waals surface area contributed by atoms with E-state index in [1.165, 1.54) is 11.8 Å². The Balaban J connectivity index is 1.50. The van der Waals surface area contributed by atoms with Gasteiger partial charge >= 0.3 is 0 Å². The number of nitrogens with one attached hydrogen (secondary N) is 1. The number of aryl methyl sites for hydroxylation is 1. The molecule has 1 amide bonds. The minimum absolute atomic E-state index is 0.162. The van der Waals surface area contributed by atoms with Gasteiger partial charge in [-0.2, -0.15) is 9.61 Å². The molecule has 2 aromatic heterocycles. The third kappa shape index (κ3) is 4.47. The third-order valence-electron chi connectivity index (χ3n) is 4.34. The molecule has 0 fully saturated rings. The number of halogens is 1. The van der Waals surface area contributed by atoms with Gasteiger partial charge < -0.3 is 10.1 Å². The van der Waals surface area contributed by atoms with Crippen molar-refractivity contribution in [3.8, 4) is 17.0 Å². The summed E-state index contributed by atoms with van der Waals surface area (Å²) in [7, 11) is 1.58. The largest absolute Gasteiger partial charge is 0.495 e. The molecule has 4 aromatic rings. The van der Waals surface area contributed by atoms with E-state index in [9.17, 15) is 4.79 Å². The van der Waals surface area contributed by atoms with Gasteiger partial charge in [-0.1, -0.05) is 45.9 Å². The first-order valence-electron chi connectivity index (χ1n) is 9.09. The number of carbonyl (C=O) groups excluding carboxylic acids is 1. The van der Waals surface area contributed by atoms with Crippen molar-refractivity contribution in [2.75, 3.05) is 18.2 Å². The molecule has 9 heteroatoms. The average molecular weight is 484 g/mol. The lowest BCUT2D eigenvalue weighted by molar-refractivity contribution is -0.113. The van der Waals surface area contributed by atoms with Crippen molar-refractivity contribution in [2.45, 2.75) is 12.1 Å². The standard InChI is InChI=1S/C21H18BrN5O2S/c1-13-3-9-18(29-2)17(11-13)23-20(28)12-30-21-25-24-19-10-8-16(26-27(19)21)14-4-6-15(22)7-5-14/h3-11H,12H2,1-2H3,(H,23,28). The minimum atomic E-state index is -0.162. The Morgan fingerprint density at radius 2 is 1.93 bits per heavy atom. The molecule has 4 rings (SSSR count). The Hall–Kier alpha value is -2.91. The molecular weight excluding hydrogens is 466 g/mol. The van der Waals surface area contributed by atoms with Gasteiger partial charge in [0.15, 0.2) is 5.65 Å². The van der Waals surface area contributed by atoms with Gasteiger partial charge in [-0.05, 0) is 48.9 Å². The molecule has 0 atom stereocenters. The average Bonchev–Trinajstić information content (AvgIpc) is 3.15. The van der Waals surface area contributed by atoms with Gasteiger partial charge in [-0.3, -0.25) is 4.79 Å². The first-order valence-corrected chi connectivity index (χ1v) is 10.9. The summed E-state index contributed by atoms with van der Waals surface area (Å²) >= 11 is 4.71. The molecule has 0 saturated carbocycles. The topological polar surface area (TPSA) is 81.4 Å². The van der Waals surface area contributed by atoms with Gasteiger partial charge in [-0.15, -0.1) is 10.2 Å². The van der Waals surface area contributed by atoms with Crippen molar-refractivity contribution >= 4 is 44.9 Å². The van der Waals surface area contributed by atoms with Crippen LogP contribution in [0.4, 0.5) is 5.69 Å². The Morgan fingerprint density at radius 1 is 1.13 bits per heavy atom. The molecule has 0 unspecified atom stereocenters. The second-order valence-electron chi connectivity index (χ2n) is 6.52. The Bertz CT molecular complexity index is 1210. The van der Waals surface area contributed by atoms with Gasteiger partial charge in [0.05, 0.1) is 24.2 Å². The Labute approximate surface area is 186 Å². The maximum atomic E-state index is 12.5. The number of ether oxygens (including phenoxy) is 1. The van der Waals surface area contributed by atoms with E-state index in [1.807, 2.05) is 61.5 Å². The van der Waals surface area contributed by atoms with E-state index < -0.39 is 0 Å². The molecule has 0 aliphatic rings. The van der Waals surface area contributed by atoms with Crippen molar-refractivity contribution in [3.05, 3.63) is 64.6 Å². The predicted octanol–water partition coefficient (Wildman–Crippen LogP) is 4.60. The minimum Gasteiger partial charge on any atom is -0.495 e. The molecule has 2 heterocycles. The van der Waals surface area contributed by atoms with Crippen LogP contribution in [-0.4, -0.2) is 38.6 Å². The summed E-state index contributed by atoms with van der Waals surface area (Å²) in [6.07, 6.45) is 0. The van der Waals surface area contributed by atoms with Crippen LogP contribution in [0.15, 0.2) is 64.2 Å². The fraction of sp³-hybridized carbons (Fsp3) is 0.143. The van der Waals surface area contributed by atoms with Gasteiger partial charge in [0, 0.05) is 10.0 Å². The molecule has 0 spiro atoms. The van der Waals surface area contributed by atoms with Crippen molar-refractivity contribution in [1.29, 1.82) is 0 Å². The summed E-state index contributed by atoms with van der Waals surface area (Å²) in [6, 6.07) is 17.3. The van der Waals surface area contributed by atoms with Crippen LogP contribution in [0, 0.1) is 6.92 Å². The number of carbonyl (C=O) groups is 1. The van der Waals surface area contributed by atoms with Crippen molar-refractivity contribution in [2.24, 2.45) is 0 Å². The number of anilines is 1. The highest BCUT2D eigenvalue weighted by atomic mass is 79.9. The fourth-order valence-electron chi connectivity index (χ4n) is 2.87. The molecule has 1 N–H and O–H groups in total. The second kappa shape index (κ2) is 8.85. The Kier molecular flexibility index (Phi) is 6.01. The number of hydrogen-bond acceptors (Lipinski definition) is 6. The van der Waals surface area contributed by atoms with Crippen LogP contribution in [0.3, 0.4) is 0 Å². The van der Waals surface area contributed by atoms with Gasteiger partial charge in [0.2, 0.25) is 11.1 Å². The van der Waals surface area contributed by atoms with E-state index >= 15 is 0 Å². The number of rotatable bonds is 6. The molecule has 2 aromatic carbocycles. The number of nitrogens with zero attached hydrogens (tertiary/aromatic N) is 4. The van der Waals surface area contributed by atoms with E-state index in [-0.39, 0.29) is 11.7 Å². The maximum Gasteiger partial charge on any atom is 0.234 e. The van der Waals surface area contributed by atoms with Crippen LogP contribution in [-0.2, 0) is 4.79 Å². The monoisotopic (exact) mass is 483 g/mol. The smallest absolute Gasteiger partial charge is 0.234 e. The van der Waals surface area contributed by atoms with E-state index in [4.69, 9.17) is 4.74 Å². The fourth-order valence-corrected chi connectivity index (χ4v) is 3.82. The number of methoxy groups -OCH3 is 1. The Morgan fingerprint density at radius 3 is 2.70 bits per heavy atom. The third-order valence-corrected chi connectivity index (χ3v) is 5.78. The molecule has 0 saturated heterocycles. The summed E-state index contributed by atoms with van der Waals surface area (Å²) in [5, 5.41) is 16.4. The lowest BCUT2D eigenvalue weighted by Crippen LogP contribution is -2.15. The van der Waals surface area contributed by atoms with Crippen molar-refractivity contribution < 1.29 is 9.53 Å². The number of fused-ring (bicyclic) bond motifs is 1. The lowest BCUT2D eigenvalue weighted by atomic mass is 10.1. The number of thioether (sulfide) groups is 1. The molecule has 152 valence electrons. The first kappa shape index (κ1) is 20.4. The number of aromatic nitrogens is 4. The number of amides is 1. The summed E-state index contributed by atoms with van der Waals surface area (Å²) < 4.78 is 7.97. The van der Waals surface area contributed by atoms with Gasteiger partial charge in [-0.25, -0.2) is 0 Å². The summed E-state index contributed by atoms with van der Waals surface area (Å²) in [5.41, 5.74) is 4.08. The van der Waals surface area contributed by atoms with E-state index in [0.717, 1.165) is 21.3 Å². The van der Waals surface area contributed by atoms with Crippen LogP contribution in [0.2, 0.25) is 0 Å². The summed E-state index contributed by atoms with van der Waals surface area (Å²) in [5.74, 6) is 0.625. The molecule has 30 heavy (non-hydrogen) atoms. The van der Waals surface area contributed by atoms with Crippen LogP contribution in [0.25, 0.3) is 16.9 Å². The molecule has 0 aliphatic carbocycles. The first-order chi connectivity index (χ1) is 14.5. The van der Waals surface area contributed by atoms with Gasteiger partial charge in [0.1, 0.15) is 5.75 Å². The summed E-state index contributed by atoms with van der Waals surface area (Å²) in [4.78, 5) is 12.5. The SMILES string of the molecule is COc1ccc(C)cc1NC(=O)CSc1nnc2ccc(-c3ccc(Br)cc3)nn12. The highest BCUT2D eigenvalue weighted by molar-refractivity contribution is 9.10. The second-order valence-corrected chi connectivity index (χ2v) is 8.38. The van der Waals surface area contributed by atoms with Crippen LogP contribution >= 0.6 is 27.7 Å². The van der Waals surface area contributed by atoms with Gasteiger partial charge in [0.25, 0.3) is 0 Å². The quantitative estimate of drug-likeness (QED) is 0.403. The number of hydrogen-bond donors (Lipinski definition) is 1. The maximum absolute atomic E-state index is 12.5. The number of benzene rings is 2. The van der Waals surface area contributed by atoms with Crippen molar-refractivity contribution in [3.63, 3.8) is 0 Å². The highest BCUT2D eigenvalue weighted by Gasteiger charge is 2.13. The van der Waals surface area contributed by atoms with Crippen LogP contribution in [0.5, 0.6) is 5.75 Å². The lowest BCUT2D eigenvalue weighted by Gasteiger charge is -2.10. The van der Waals surface area contributed by atoms with E-state index in [1.54, 1.807) is 11.6 Å². The highest BCUT2D eigenvalue weighted by Crippen LogP contribution is 2.26. The normalized spacial score (nSPS) is 10.9. The zero-order chi connectivity index (χ0) is 21.1.